The van der Waals surface area contributed by atoms with Gasteiger partial charge in [-0.15, -0.1) is 0 Å². The highest BCUT2D eigenvalue weighted by Gasteiger charge is 2.16. The maximum absolute atomic E-state index is 6.48. The highest BCUT2D eigenvalue weighted by molar-refractivity contribution is 6.10. The van der Waals surface area contributed by atoms with Crippen LogP contribution in [0.5, 0.6) is 0 Å². The maximum Gasteiger partial charge on any atom is 0.164 e. The molecule has 0 fully saturated rings. The first kappa shape index (κ1) is 31.1. The van der Waals surface area contributed by atoms with Crippen LogP contribution in [0.2, 0.25) is 0 Å². The molecule has 0 saturated carbocycles. The summed E-state index contributed by atoms with van der Waals surface area (Å²) in [7, 11) is 0. The standard InChI is InChI=1S/C48H33N3O/c1-3-38(48-50-46(34-18-8-5-9-19-34)49-47(51-48)37-26-25-33-17-10-11-20-35(33)29-37)41-22-13-12-21-39(41)31(2)40-23-14-24-43-45(40)42-28-27-36(30-44(42)52-43)32-15-6-4-7-16-32/h3-30H,1H2,2H3/b39-31+,41-38+. The van der Waals surface area contributed by atoms with Gasteiger partial charge in [0.05, 0.1) is 0 Å². The van der Waals surface area contributed by atoms with Crippen molar-refractivity contribution in [1.29, 1.82) is 0 Å². The van der Waals surface area contributed by atoms with Crippen LogP contribution >= 0.6 is 0 Å². The summed E-state index contributed by atoms with van der Waals surface area (Å²) in [6.07, 6.45) is 1.86. The molecular formula is C48H33N3O. The number of fused-ring (bicyclic) bond motifs is 4. The predicted molar refractivity (Wildman–Crippen MR) is 214 cm³/mol. The van der Waals surface area contributed by atoms with E-state index in [2.05, 4.69) is 135 Å². The van der Waals surface area contributed by atoms with E-state index in [1.165, 1.54) is 5.39 Å². The molecule has 0 radical (unpaired) electrons. The third-order valence-corrected chi connectivity index (χ3v) is 9.75. The van der Waals surface area contributed by atoms with Crippen molar-refractivity contribution in [3.8, 4) is 33.9 Å². The molecule has 4 heteroatoms. The van der Waals surface area contributed by atoms with E-state index >= 15 is 0 Å². The number of nitrogens with zero attached hydrogens (tertiary/aromatic N) is 3. The summed E-state index contributed by atoms with van der Waals surface area (Å²) in [4.78, 5) is 15.2. The van der Waals surface area contributed by atoms with Crippen molar-refractivity contribution < 1.29 is 4.42 Å². The van der Waals surface area contributed by atoms with Crippen LogP contribution in [0, 0.1) is 0 Å². The zero-order valence-corrected chi connectivity index (χ0v) is 28.6. The van der Waals surface area contributed by atoms with Crippen LogP contribution in [0.25, 0.3) is 77.8 Å². The third kappa shape index (κ3) is 5.57. The number of benzene rings is 7. The molecule has 0 bridgehead atoms. The number of allylic oxidation sites excluding steroid dienone is 1. The van der Waals surface area contributed by atoms with Gasteiger partial charge in [0.1, 0.15) is 11.2 Å². The molecule has 9 aromatic rings. The SMILES string of the molecule is C=C/C(c1nc(-c2ccccc2)nc(-c2ccc3ccccc3c2)n1)=c1/cccc/c1=C(/C)c1cccc2oc3cc(-c4ccccc4)ccc3c12. The van der Waals surface area contributed by atoms with Gasteiger partial charge in [0, 0.05) is 27.5 Å². The molecule has 0 amide bonds. The molecule has 0 N–H and O–H groups in total. The Balaban J connectivity index is 1.27. The van der Waals surface area contributed by atoms with E-state index in [0.717, 1.165) is 76.7 Å². The van der Waals surface area contributed by atoms with Crippen LogP contribution in [0.3, 0.4) is 0 Å². The van der Waals surface area contributed by atoms with Crippen molar-refractivity contribution in [3.05, 3.63) is 198 Å². The lowest BCUT2D eigenvalue weighted by Gasteiger charge is -2.11. The summed E-state index contributed by atoms with van der Waals surface area (Å²) in [5.41, 5.74) is 8.89. The Labute approximate surface area is 301 Å². The van der Waals surface area contributed by atoms with Crippen molar-refractivity contribution in [1.82, 2.24) is 15.0 Å². The van der Waals surface area contributed by atoms with E-state index < -0.39 is 0 Å². The maximum atomic E-state index is 6.48. The summed E-state index contributed by atoms with van der Waals surface area (Å²) in [6, 6.07) is 56.3. The average Bonchev–Trinajstić information content (AvgIpc) is 3.60. The molecule has 0 unspecified atom stereocenters. The number of hydrogen-bond acceptors (Lipinski definition) is 4. The first-order valence-electron chi connectivity index (χ1n) is 17.4. The molecule has 0 aliphatic rings. The first-order valence-corrected chi connectivity index (χ1v) is 17.4. The Morgan fingerprint density at radius 2 is 1.17 bits per heavy atom. The highest BCUT2D eigenvalue weighted by atomic mass is 16.3. The number of hydrogen-bond donors (Lipinski definition) is 0. The van der Waals surface area contributed by atoms with Crippen LogP contribution in [0.1, 0.15) is 18.3 Å². The number of rotatable bonds is 6. The molecule has 0 aliphatic carbocycles. The summed E-state index contributed by atoms with van der Waals surface area (Å²) < 4.78 is 6.48. The van der Waals surface area contributed by atoms with E-state index in [9.17, 15) is 0 Å². The molecule has 246 valence electrons. The smallest absolute Gasteiger partial charge is 0.164 e. The molecule has 52 heavy (non-hydrogen) atoms. The van der Waals surface area contributed by atoms with Gasteiger partial charge in [0.25, 0.3) is 0 Å². The Hall–Kier alpha value is -6.91. The molecule has 7 aromatic carbocycles. The van der Waals surface area contributed by atoms with E-state index in [1.807, 2.05) is 48.5 Å². The van der Waals surface area contributed by atoms with Crippen LogP contribution in [-0.2, 0) is 0 Å². The highest BCUT2D eigenvalue weighted by Crippen LogP contribution is 2.36. The molecule has 2 heterocycles. The predicted octanol–water partition coefficient (Wildman–Crippen LogP) is 10.5. The summed E-state index contributed by atoms with van der Waals surface area (Å²) >= 11 is 0. The molecule has 0 spiro atoms. The summed E-state index contributed by atoms with van der Waals surface area (Å²) in [5, 5.41) is 6.52. The lowest BCUT2D eigenvalue weighted by Crippen LogP contribution is -2.29. The van der Waals surface area contributed by atoms with Gasteiger partial charge in [-0.1, -0.05) is 152 Å². The second-order valence-corrected chi connectivity index (χ2v) is 12.9. The van der Waals surface area contributed by atoms with E-state index in [1.54, 1.807) is 0 Å². The molecular weight excluding hydrogens is 635 g/mol. The van der Waals surface area contributed by atoms with Gasteiger partial charge in [0.15, 0.2) is 17.5 Å². The van der Waals surface area contributed by atoms with Crippen molar-refractivity contribution in [3.63, 3.8) is 0 Å². The average molecular weight is 668 g/mol. The number of aromatic nitrogens is 3. The van der Waals surface area contributed by atoms with Gasteiger partial charge in [-0.2, -0.15) is 0 Å². The lowest BCUT2D eigenvalue weighted by atomic mass is 9.96. The van der Waals surface area contributed by atoms with Gasteiger partial charge in [-0.3, -0.25) is 0 Å². The second kappa shape index (κ2) is 13.1. The van der Waals surface area contributed by atoms with E-state index in [4.69, 9.17) is 19.4 Å². The molecule has 2 aromatic heterocycles. The zero-order valence-electron chi connectivity index (χ0n) is 28.6. The Morgan fingerprint density at radius 1 is 0.519 bits per heavy atom. The minimum Gasteiger partial charge on any atom is -0.456 e. The van der Waals surface area contributed by atoms with Crippen molar-refractivity contribution in [2.45, 2.75) is 6.92 Å². The largest absolute Gasteiger partial charge is 0.456 e. The van der Waals surface area contributed by atoms with Crippen LogP contribution < -0.4 is 10.4 Å². The first-order chi connectivity index (χ1) is 25.6. The fraction of sp³-hybridized carbons (Fsp3) is 0.0208. The van der Waals surface area contributed by atoms with Crippen LogP contribution in [0.4, 0.5) is 0 Å². The van der Waals surface area contributed by atoms with Gasteiger partial charge in [-0.25, -0.2) is 15.0 Å². The van der Waals surface area contributed by atoms with Crippen LogP contribution in [-0.4, -0.2) is 15.0 Å². The zero-order chi connectivity index (χ0) is 35.0. The third-order valence-electron chi connectivity index (χ3n) is 9.75. The fourth-order valence-corrected chi connectivity index (χ4v) is 7.13. The molecule has 0 atom stereocenters. The molecule has 9 rings (SSSR count). The number of furan rings is 1. The topological polar surface area (TPSA) is 51.8 Å². The van der Waals surface area contributed by atoms with Gasteiger partial charge >= 0.3 is 0 Å². The normalized spacial score (nSPS) is 12.6. The van der Waals surface area contributed by atoms with Crippen molar-refractivity contribution in [2.24, 2.45) is 0 Å². The summed E-state index contributed by atoms with van der Waals surface area (Å²) in [6.45, 7) is 6.46. The van der Waals surface area contributed by atoms with Crippen molar-refractivity contribution >= 4 is 43.9 Å². The second-order valence-electron chi connectivity index (χ2n) is 12.9. The Morgan fingerprint density at radius 3 is 1.94 bits per heavy atom. The van der Waals surface area contributed by atoms with Gasteiger partial charge in [-0.05, 0) is 74.7 Å². The molecule has 0 saturated heterocycles. The van der Waals surface area contributed by atoms with Crippen LogP contribution in [0.15, 0.2) is 181 Å². The Bertz CT molecular complexity index is 2930. The lowest BCUT2D eigenvalue weighted by molar-refractivity contribution is 0.669. The minimum atomic E-state index is 0.563. The van der Waals surface area contributed by atoms with Gasteiger partial charge < -0.3 is 4.42 Å². The van der Waals surface area contributed by atoms with Crippen molar-refractivity contribution in [2.75, 3.05) is 0 Å². The summed E-state index contributed by atoms with van der Waals surface area (Å²) in [5.74, 6) is 1.78. The quantitative estimate of drug-likeness (QED) is 0.177. The fourth-order valence-electron chi connectivity index (χ4n) is 7.13. The van der Waals surface area contributed by atoms with E-state index in [-0.39, 0.29) is 0 Å². The van der Waals surface area contributed by atoms with Gasteiger partial charge in [0.2, 0.25) is 0 Å². The van der Waals surface area contributed by atoms with E-state index in [0.29, 0.717) is 17.5 Å². The molecule has 4 nitrogen and oxygen atoms in total. The minimum absolute atomic E-state index is 0.563. The molecule has 0 aliphatic heterocycles. The Kier molecular flexibility index (Phi) is 7.83. The monoisotopic (exact) mass is 667 g/mol.